The number of anilines is 1. The zero-order valence-corrected chi connectivity index (χ0v) is 14.7. The largest absolute Gasteiger partial charge is 0.378 e. The summed E-state index contributed by atoms with van der Waals surface area (Å²) in [5.74, 6) is 0. The predicted octanol–water partition coefficient (Wildman–Crippen LogP) is 3.14. The molecule has 3 aromatic heterocycles. The normalized spacial score (nSPS) is 10.8. The lowest BCUT2D eigenvalue weighted by Crippen LogP contribution is -2.24. The number of aromatic nitrogens is 3. The highest BCUT2D eigenvalue weighted by molar-refractivity contribution is 5.44. The van der Waals surface area contributed by atoms with Gasteiger partial charge in [0.05, 0.1) is 17.1 Å². The van der Waals surface area contributed by atoms with Crippen LogP contribution in [0.5, 0.6) is 0 Å². The van der Waals surface area contributed by atoms with Gasteiger partial charge in [0.1, 0.15) is 0 Å². The molecule has 0 saturated heterocycles. The highest BCUT2D eigenvalue weighted by atomic mass is 15.1. The monoisotopic (exact) mass is 333 g/mol. The van der Waals surface area contributed by atoms with Crippen LogP contribution in [0.1, 0.15) is 17.1 Å². The number of rotatable bonds is 7. The molecule has 128 valence electrons. The summed E-state index contributed by atoms with van der Waals surface area (Å²) in [6, 6.07) is 16.2. The van der Waals surface area contributed by atoms with Gasteiger partial charge in [-0.2, -0.15) is 0 Å². The van der Waals surface area contributed by atoms with Crippen molar-refractivity contribution in [3.05, 3.63) is 84.2 Å². The fourth-order valence-electron chi connectivity index (χ4n) is 2.67. The first-order chi connectivity index (χ1) is 12.2. The van der Waals surface area contributed by atoms with Gasteiger partial charge in [-0.05, 0) is 36.4 Å². The molecular formula is C20H23N5. The Kier molecular flexibility index (Phi) is 5.69. The van der Waals surface area contributed by atoms with Crippen LogP contribution in [-0.4, -0.2) is 33.9 Å². The summed E-state index contributed by atoms with van der Waals surface area (Å²) in [6.07, 6.45) is 5.53. The van der Waals surface area contributed by atoms with Crippen molar-refractivity contribution < 1.29 is 0 Å². The topological polar surface area (TPSA) is 45.2 Å². The minimum absolute atomic E-state index is 0.745. The van der Waals surface area contributed by atoms with Gasteiger partial charge in [-0.1, -0.05) is 12.1 Å². The third-order valence-electron chi connectivity index (χ3n) is 3.93. The number of hydrogen-bond acceptors (Lipinski definition) is 5. The molecule has 3 heterocycles. The lowest BCUT2D eigenvalue weighted by Gasteiger charge is -2.22. The van der Waals surface area contributed by atoms with Crippen molar-refractivity contribution in [1.82, 2.24) is 19.9 Å². The summed E-state index contributed by atoms with van der Waals surface area (Å²) in [5.41, 5.74) is 4.28. The molecule has 0 atom stereocenters. The Morgan fingerprint density at radius 2 is 1.24 bits per heavy atom. The molecule has 0 bridgehead atoms. The number of hydrogen-bond donors (Lipinski definition) is 0. The van der Waals surface area contributed by atoms with Gasteiger partial charge in [0, 0.05) is 58.0 Å². The second-order valence-corrected chi connectivity index (χ2v) is 6.19. The van der Waals surface area contributed by atoms with Crippen molar-refractivity contribution in [2.75, 3.05) is 19.0 Å². The molecule has 0 radical (unpaired) electrons. The summed E-state index contributed by atoms with van der Waals surface area (Å²) >= 11 is 0. The van der Waals surface area contributed by atoms with E-state index in [4.69, 9.17) is 0 Å². The first-order valence-corrected chi connectivity index (χ1v) is 8.35. The van der Waals surface area contributed by atoms with Crippen LogP contribution >= 0.6 is 0 Å². The number of pyridine rings is 3. The van der Waals surface area contributed by atoms with Crippen molar-refractivity contribution in [3.8, 4) is 0 Å². The van der Waals surface area contributed by atoms with Crippen molar-refractivity contribution in [2.45, 2.75) is 19.6 Å². The summed E-state index contributed by atoms with van der Waals surface area (Å²) in [4.78, 5) is 17.9. The Morgan fingerprint density at radius 3 is 1.76 bits per heavy atom. The molecule has 3 rings (SSSR count). The second-order valence-electron chi connectivity index (χ2n) is 6.19. The van der Waals surface area contributed by atoms with Gasteiger partial charge in [-0.3, -0.25) is 19.9 Å². The predicted molar refractivity (Wildman–Crippen MR) is 100.0 cm³/mol. The first kappa shape index (κ1) is 17.0. The molecule has 0 aromatic carbocycles. The first-order valence-electron chi connectivity index (χ1n) is 8.35. The Labute approximate surface area is 149 Å². The quantitative estimate of drug-likeness (QED) is 0.665. The molecule has 3 aromatic rings. The van der Waals surface area contributed by atoms with Crippen LogP contribution in [0.4, 0.5) is 5.69 Å². The third kappa shape index (κ3) is 5.09. The molecule has 0 N–H and O–H groups in total. The molecule has 5 nitrogen and oxygen atoms in total. The molecule has 0 fully saturated rings. The smallest absolute Gasteiger partial charge is 0.0564 e. The van der Waals surface area contributed by atoms with E-state index in [0.717, 1.165) is 42.4 Å². The van der Waals surface area contributed by atoms with E-state index in [-0.39, 0.29) is 0 Å². The second kappa shape index (κ2) is 8.35. The Balaban J connectivity index is 1.79. The van der Waals surface area contributed by atoms with Crippen LogP contribution in [0.25, 0.3) is 0 Å². The van der Waals surface area contributed by atoms with E-state index in [1.54, 1.807) is 0 Å². The maximum Gasteiger partial charge on any atom is 0.0564 e. The summed E-state index contributed by atoms with van der Waals surface area (Å²) in [6.45, 7) is 2.26. The average molecular weight is 333 g/mol. The average Bonchev–Trinajstić information content (AvgIpc) is 2.63. The zero-order chi connectivity index (χ0) is 17.5. The van der Waals surface area contributed by atoms with Crippen LogP contribution in [0, 0.1) is 0 Å². The number of nitrogens with zero attached hydrogens (tertiary/aromatic N) is 5. The van der Waals surface area contributed by atoms with Crippen LogP contribution in [-0.2, 0) is 19.6 Å². The maximum absolute atomic E-state index is 4.54. The minimum Gasteiger partial charge on any atom is -0.378 e. The maximum atomic E-state index is 4.54. The fraction of sp³-hybridized carbons (Fsp3) is 0.250. The Bertz CT molecular complexity index is 733. The summed E-state index contributed by atoms with van der Waals surface area (Å²) in [5, 5.41) is 0. The fourth-order valence-corrected chi connectivity index (χ4v) is 2.67. The zero-order valence-electron chi connectivity index (χ0n) is 14.7. The van der Waals surface area contributed by atoms with Gasteiger partial charge in [0.25, 0.3) is 0 Å². The van der Waals surface area contributed by atoms with E-state index in [1.807, 2.05) is 63.0 Å². The lowest BCUT2D eigenvalue weighted by atomic mass is 10.2. The molecule has 0 aliphatic heterocycles. The van der Waals surface area contributed by atoms with Gasteiger partial charge >= 0.3 is 0 Å². The summed E-state index contributed by atoms with van der Waals surface area (Å²) < 4.78 is 0. The highest BCUT2D eigenvalue weighted by Crippen LogP contribution is 2.15. The molecular weight excluding hydrogens is 310 g/mol. The van der Waals surface area contributed by atoms with Gasteiger partial charge in [-0.25, -0.2) is 0 Å². The van der Waals surface area contributed by atoms with Crippen LogP contribution < -0.4 is 4.90 Å². The van der Waals surface area contributed by atoms with Crippen molar-refractivity contribution in [1.29, 1.82) is 0 Å². The van der Waals surface area contributed by atoms with Gasteiger partial charge in [0.15, 0.2) is 0 Å². The van der Waals surface area contributed by atoms with Crippen molar-refractivity contribution in [2.24, 2.45) is 0 Å². The molecule has 5 heteroatoms. The van der Waals surface area contributed by atoms with E-state index in [2.05, 4.69) is 43.0 Å². The van der Waals surface area contributed by atoms with E-state index < -0.39 is 0 Å². The molecule has 0 unspecified atom stereocenters. The molecule has 0 aliphatic carbocycles. The van der Waals surface area contributed by atoms with E-state index in [1.165, 1.54) is 0 Å². The SMILES string of the molecule is CN(C)c1ccnc(CN(Cc2ccccn2)Cc2ccccn2)c1. The van der Waals surface area contributed by atoms with Crippen LogP contribution in [0.3, 0.4) is 0 Å². The van der Waals surface area contributed by atoms with Gasteiger partial charge in [0.2, 0.25) is 0 Å². The standard InChI is InChI=1S/C20H23N5/c1-24(2)20-9-12-23-19(13-20)16-25(14-17-7-3-5-10-21-17)15-18-8-4-6-11-22-18/h3-13H,14-16H2,1-2H3. The Hall–Kier alpha value is -2.79. The molecule has 0 saturated carbocycles. The van der Waals surface area contributed by atoms with Crippen molar-refractivity contribution in [3.63, 3.8) is 0 Å². The van der Waals surface area contributed by atoms with Crippen molar-refractivity contribution >= 4 is 5.69 Å². The Morgan fingerprint density at radius 1 is 0.680 bits per heavy atom. The molecule has 0 spiro atoms. The third-order valence-corrected chi connectivity index (χ3v) is 3.93. The molecule has 0 amide bonds. The lowest BCUT2D eigenvalue weighted by molar-refractivity contribution is 0.239. The molecule has 25 heavy (non-hydrogen) atoms. The van der Waals surface area contributed by atoms with Gasteiger partial charge < -0.3 is 4.90 Å². The minimum atomic E-state index is 0.745. The van der Waals surface area contributed by atoms with E-state index in [9.17, 15) is 0 Å². The van der Waals surface area contributed by atoms with Crippen LogP contribution in [0.15, 0.2) is 67.1 Å². The van der Waals surface area contributed by atoms with Gasteiger partial charge in [-0.15, -0.1) is 0 Å². The highest BCUT2D eigenvalue weighted by Gasteiger charge is 2.11. The molecule has 0 aliphatic rings. The summed E-state index contributed by atoms with van der Waals surface area (Å²) in [7, 11) is 4.08. The van der Waals surface area contributed by atoms with E-state index >= 15 is 0 Å². The van der Waals surface area contributed by atoms with E-state index in [0.29, 0.717) is 0 Å². The van der Waals surface area contributed by atoms with Crippen LogP contribution in [0.2, 0.25) is 0 Å².